The SMILES string of the molecule is CC(=O)NC1CCC(C(=O)N2CCC3NC(C)OC3CC2)CC1. The van der Waals surface area contributed by atoms with E-state index in [1.165, 1.54) is 0 Å². The largest absolute Gasteiger partial charge is 0.359 e. The summed E-state index contributed by atoms with van der Waals surface area (Å²) in [5.41, 5.74) is 0. The molecule has 1 saturated carbocycles. The average molecular weight is 323 g/mol. The number of rotatable bonds is 2. The van der Waals surface area contributed by atoms with Crippen molar-refractivity contribution in [2.24, 2.45) is 5.92 Å². The van der Waals surface area contributed by atoms with Gasteiger partial charge in [-0.25, -0.2) is 0 Å². The highest BCUT2D eigenvalue weighted by Gasteiger charge is 2.37. The van der Waals surface area contributed by atoms with Crippen LogP contribution in [0, 0.1) is 5.92 Å². The fourth-order valence-electron chi connectivity index (χ4n) is 4.28. The van der Waals surface area contributed by atoms with Gasteiger partial charge in [-0.05, 0) is 45.4 Å². The molecule has 0 spiro atoms. The second-order valence-corrected chi connectivity index (χ2v) is 7.24. The summed E-state index contributed by atoms with van der Waals surface area (Å²) in [6, 6.07) is 0.637. The van der Waals surface area contributed by atoms with E-state index in [4.69, 9.17) is 4.74 Å². The van der Waals surface area contributed by atoms with Crippen LogP contribution in [0.2, 0.25) is 0 Å². The summed E-state index contributed by atoms with van der Waals surface area (Å²) in [6.45, 7) is 5.24. The second-order valence-electron chi connectivity index (χ2n) is 7.24. The molecule has 0 aromatic carbocycles. The summed E-state index contributed by atoms with van der Waals surface area (Å²) in [4.78, 5) is 26.0. The molecular formula is C17H29N3O3. The molecule has 3 aliphatic rings. The van der Waals surface area contributed by atoms with Crippen LogP contribution in [0.25, 0.3) is 0 Å². The van der Waals surface area contributed by atoms with Gasteiger partial charge in [0.1, 0.15) is 6.23 Å². The molecule has 3 atom stereocenters. The summed E-state index contributed by atoms with van der Waals surface area (Å²) in [6.07, 6.45) is 5.89. The van der Waals surface area contributed by atoms with Gasteiger partial charge in [-0.2, -0.15) is 0 Å². The smallest absolute Gasteiger partial charge is 0.225 e. The number of amides is 2. The third-order valence-electron chi connectivity index (χ3n) is 5.47. The first-order valence-electron chi connectivity index (χ1n) is 9.00. The van der Waals surface area contributed by atoms with Crippen molar-refractivity contribution in [3.05, 3.63) is 0 Å². The molecular weight excluding hydrogens is 294 g/mol. The molecule has 3 unspecified atom stereocenters. The summed E-state index contributed by atoms with van der Waals surface area (Å²) >= 11 is 0. The first-order chi connectivity index (χ1) is 11.0. The molecule has 0 radical (unpaired) electrons. The Morgan fingerprint density at radius 3 is 2.48 bits per heavy atom. The van der Waals surface area contributed by atoms with E-state index in [9.17, 15) is 9.59 Å². The maximum Gasteiger partial charge on any atom is 0.225 e. The minimum Gasteiger partial charge on any atom is -0.359 e. The zero-order chi connectivity index (χ0) is 16.4. The molecule has 2 amide bonds. The standard InChI is InChI=1S/C17H29N3O3/c1-11(21)18-14-5-3-13(4-6-14)17(22)20-9-7-15-16(8-10-20)23-12(2)19-15/h12-16,19H,3-10H2,1-2H3,(H,18,21). The van der Waals surface area contributed by atoms with Crippen LogP contribution in [0.15, 0.2) is 0 Å². The van der Waals surface area contributed by atoms with Crippen LogP contribution in [-0.2, 0) is 14.3 Å². The highest BCUT2D eigenvalue weighted by atomic mass is 16.5. The van der Waals surface area contributed by atoms with E-state index in [1.54, 1.807) is 6.92 Å². The van der Waals surface area contributed by atoms with E-state index in [1.807, 2.05) is 11.8 Å². The van der Waals surface area contributed by atoms with Crippen molar-refractivity contribution in [1.29, 1.82) is 0 Å². The van der Waals surface area contributed by atoms with E-state index < -0.39 is 0 Å². The number of hydrogen-bond acceptors (Lipinski definition) is 4. The molecule has 6 nitrogen and oxygen atoms in total. The van der Waals surface area contributed by atoms with Crippen molar-refractivity contribution in [2.75, 3.05) is 13.1 Å². The van der Waals surface area contributed by atoms with Crippen LogP contribution < -0.4 is 10.6 Å². The maximum atomic E-state index is 12.8. The lowest BCUT2D eigenvalue weighted by Crippen LogP contribution is -2.42. The molecule has 2 saturated heterocycles. The normalized spacial score (nSPS) is 37.8. The Labute approximate surface area is 138 Å². The Bertz CT molecular complexity index is 432. The van der Waals surface area contributed by atoms with Gasteiger partial charge in [-0.3, -0.25) is 14.9 Å². The molecule has 2 heterocycles. The van der Waals surface area contributed by atoms with Gasteiger partial charge in [0.25, 0.3) is 0 Å². The topological polar surface area (TPSA) is 70.7 Å². The van der Waals surface area contributed by atoms with Crippen LogP contribution in [0.4, 0.5) is 0 Å². The van der Waals surface area contributed by atoms with Crippen molar-refractivity contribution in [1.82, 2.24) is 15.5 Å². The Morgan fingerprint density at radius 2 is 1.78 bits per heavy atom. The fourth-order valence-corrected chi connectivity index (χ4v) is 4.28. The Hall–Kier alpha value is -1.14. The monoisotopic (exact) mass is 323 g/mol. The summed E-state index contributed by atoms with van der Waals surface area (Å²) in [7, 11) is 0. The van der Waals surface area contributed by atoms with Crippen molar-refractivity contribution in [3.8, 4) is 0 Å². The van der Waals surface area contributed by atoms with Crippen LogP contribution >= 0.6 is 0 Å². The second kappa shape index (κ2) is 7.18. The molecule has 3 fully saturated rings. The van der Waals surface area contributed by atoms with E-state index in [0.717, 1.165) is 51.6 Å². The van der Waals surface area contributed by atoms with E-state index in [2.05, 4.69) is 10.6 Å². The van der Waals surface area contributed by atoms with Gasteiger partial charge in [0, 0.05) is 38.0 Å². The average Bonchev–Trinajstić information content (AvgIpc) is 2.76. The van der Waals surface area contributed by atoms with Gasteiger partial charge >= 0.3 is 0 Å². The molecule has 0 bridgehead atoms. The van der Waals surface area contributed by atoms with Crippen LogP contribution in [0.3, 0.4) is 0 Å². The number of likely N-dealkylation sites (tertiary alicyclic amines) is 1. The summed E-state index contributed by atoms with van der Waals surface area (Å²) in [5, 5.41) is 6.43. The first kappa shape index (κ1) is 16.7. The zero-order valence-electron chi connectivity index (χ0n) is 14.2. The number of hydrogen-bond donors (Lipinski definition) is 2. The van der Waals surface area contributed by atoms with Crippen LogP contribution in [0.1, 0.15) is 52.4 Å². The fraction of sp³-hybridized carbons (Fsp3) is 0.882. The minimum absolute atomic E-state index is 0.0283. The van der Waals surface area contributed by atoms with Gasteiger partial charge in [0.05, 0.1) is 6.10 Å². The third kappa shape index (κ3) is 4.04. The Kier molecular flexibility index (Phi) is 5.21. The molecule has 130 valence electrons. The number of ether oxygens (including phenoxy) is 1. The van der Waals surface area contributed by atoms with Crippen LogP contribution in [-0.4, -0.2) is 54.2 Å². The number of carbonyl (C=O) groups excluding carboxylic acids is 2. The molecule has 2 N–H and O–H groups in total. The van der Waals surface area contributed by atoms with Crippen molar-refractivity contribution in [2.45, 2.75) is 76.8 Å². The predicted molar refractivity (Wildman–Crippen MR) is 86.6 cm³/mol. The lowest BCUT2D eigenvalue weighted by atomic mass is 9.85. The Morgan fingerprint density at radius 1 is 1.09 bits per heavy atom. The van der Waals surface area contributed by atoms with Gasteiger partial charge in [-0.1, -0.05) is 0 Å². The minimum atomic E-state index is 0.0283. The van der Waals surface area contributed by atoms with Gasteiger partial charge < -0.3 is 15.0 Å². The van der Waals surface area contributed by atoms with Crippen molar-refractivity contribution in [3.63, 3.8) is 0 Å². The highest BCUT2D eigenvalue weighted by Crippen LogP contribution is 2.28. The first-order valence-corrected chi connectivity index (χ1v) is 9.00. The number of fused-ring (bicyclic) bond motifs is 1. The molecule has 2 aliphatic heterocycles. The van der Waals surface area contributed by atoms with Crippen LogP contribution in [0.5, 0.6) is 0 Å². The Balaban J connectivity index is 1.48. The zero-order valence-corrected chi connectivity index (χ0v) is 14.2. The van der Waals surface area contributed by atoms with E-state index in [-0.39, 0.29) is 30.2 Å². The number of nitrogens with zero attached hydrogens (tertiary/aromatic N) is 1. The lowest BCUT2D eigenvalue weighted by molar-refractivity contribution is -0.136. The molecule has 3 rings (SSSR count). The van der Waals surface area contributed by atoms with E-state index >= 15 is 0 Å². The van der Waals surface area contributed by atoms with Gasteiger partial charge in [0.15, 0.2) is 0 Å². The van der Waals surface area contributed by atoms with E-state index in [0.29, 0.717) is 11.9 Å². The quantitative estimate of drug-likeness (QED) is 0.795. The molecule has 1 aliphatic carbocycles. The molecule has 0 aromatic rings. The summed E-state index contributed by atoms with van der Waals surface area (Å²) < 4.78 is 5.88. The summed E-state index contributed by atoms with van der Waals surface area (Å²) in [5.74, 6) is 0.464. The third-order valence-corrected chi connectivity index (χ3v) is 5.47. The number of nitrogens with one attached hydrogen (secondary N) is 2. The number of carbonyl (C=O) groups is 2. The molecule has 0 aromatic heterocycles. The maximum absolute atomic E-state index is 12.8. The van der Waals surface area contributed by atoms with Gasteiger partial charge in [-0.15, -0.1) is 0 Å². The van der Waals surface area contributed by atoms with Crippen molar-refractivity contribution >= 4 is 11.8 Å². The van der Waals surface area contributed by atoms with Gasteiger partial charge in [0.2, 0.25) is 11.8 Å². The van der Waals surface area contributed by atoms with Crippen molar-refractivity contribution < 1.29 is 14.3 Å². The molecule has 23 heavy (non-hydrogen) atoms. The molecule has 6 heteroatoms. The highest BCUT2D eigenvalue weighted by molar-refractivity contribution is 5.79. The predicted octanol–water partition coefficient (Wildman–Crippen LogP) is 1.01. The lowest BCUT2D eigenvalue weighted by Gasteiger charge is -2.32.